The minimum absolute atomic E-state index is 0.0331. The Hall–Kier alpha value is -3.82. The van der Waals surface area contributed by atoms with E-state index in [0.29, 0.717) is 11.1 Å². The maximum Gasteiger partial charge on any atom is 0.336 e. The Labute approximate surface area is 146 Å². The first-order valence-corrected chi connectivity index (χ1v) is 7.01. The fourth-order valence-corrected chi connectivity index (χ4v) is 1.96. The molecule has 0 amide bonds. The second kappa shape index (κ2) is 8.33. The lowest BCUT2D eigenvalue weighted by Crippen LogP contribution is -2.00. The zero-order valence-electron chi connectivity index (χ0n) is 13.7. The van der Waals surface area contributed by atoms with Gasteiger partial charge in [-0.05, 0) is 31.0 Å². The highest BCUT2D eigenvalue weighted by Gasteiger charge is 2.13. The number of carbonyl (C=O) groups is 2. The van der Waals surface area contributed by atoms with Crippen molar-refractivity contribution in [3.63, 3.8) is 0 Å². The van der Waals surface area contributed by atoms with Gasteiger partial charge in [-0.25, -0.2) is 9.59 Å². The molecule has 0 saturated carbocycles. The van der Waals surface area contributed by atoms with Crippen LogP contribution < -0.4 is 0 Å². The van der Waals surface area contributed by atoms with Gasteiger partial charge in [-0.15, -0.1) is 0 Å². The SMILES string of the molecule is Cc1cc([N+](=O)[O-])ccc1C(=O)O.Cc1ccc([N+](=O)[O-])cc1C(=O)O. The van der Waals surface area contributed by atoms with E-state index in [4.69, 9.17) is 10.2 Å². The number of nitrogens with zero attached hydrogens (tertiary/aromatic N) is 2. The van der Waals surface area contributed by atoms with Crippen LogP contribution >= 0.6 is 0 Å². The molecule has 2 rings (SSSR count). The summed E-state index contributed by atoms with van der Waals surface area (Å²) in [4.78, 5) is 40.5. The molecule has 0 saturated heterocycles. The number of rotatable bonds is 4. The number of non-ortho nitro benzene ring substituents is 2. The lowest BCUT2D eigenvalue weighted by molar-refractivity contribution is -0.385. The Bertz CT molecular complexity index is 892. The smallest absolute Gasteiger partial charge is 0.336 e. The zero-order chi connectivity index (χ0) is 20.0. The Morgan fingerprint density at radius 2 is 1.23 bits per heavy atom. The molecule has 0 heterocycles. The van der Waals surface area contributed by atoms with Gasteiger partial charge in [-0.1, -0.05) is 6.07 Å². The molecule has 10 heteroatoms. The molecule has 10 nitrogen and oxygen atoms in total. The third-order valence-corrected chi connectivity index (χ3v) is 3.31. The number of carboxylic acid groups (broad SMARTS) is 2. The van der Waals surface area contributed by atoms with Gasteiger partial charge in [0.05, 0.1) is 21.0 Å². The molecule has 2 aromatic rings. The average Bonchev–Trinajstić information content (AvgIpc) is 2.54. The van der Waals surface area contributed by atoms with Crippen LogP contribution in [-0.4, -0.2) is 32.0 Å². The van der Waals surface area contributed by atoms with Crippen LogP contribution in [0.3, 0.4) is 0 Å². The maximum atomic E-state index is 10.6. The number of benzene rings is 2. The summed E-state index contributed by atoms with van der Waals surface area (Å²) in [6.45, 7) is 3.11. The summed E-state index contributed by atoms with van der Waals surface area (Å²) in [5, 5.41) is 37.9. The largest absolute Gasteiger partial charge is 0.478 e. The summed E-state index contributed by atoms with van der Waals surface area (Å²) < 4.78 is 0. The summed E-state index contributed by atoms with van der Waals surface area (Å²) >= 11 is 0. The van der Waals surface area contributed by atoms with Crippen molar-refractivity contribution in [1.29, 1.82) is 0 Å². The van der Waals surface area contributed by atoms with Crippen molar-refractivity contribution in [2.45, 2.75) is 13.8 Å². The number of hydrogen-bond acceptors (Lipinski definition) is 6. The van der Waals surface area contributed by atoms with Gasteiger partial charge in [0.2, 0.25) is 0 Å². The predicted molar refractivity (Wildman–Crippen MR) is 89.6 cm³/mol. The van der Waals surface area contributed by atoms with Crippen LogP contribution in [-0.2, 0) is 0 Å². The van der Waals surface area contributed by atoms with Crippen LogP contribution in [0.25, 0.3) is 0 Å². The van der Waals surface area contributed by atoms with Gasteiger partial charge in [0.1, 0.15) is 0 Å². The van der Waals surface area contributed by atoms with Crippen molar-refractivity contribution >= 4 is 23.3 Å². The number of nitro groups is 2. The van der Waals surface area contributed by atoms with Crippen molar-refractivity contribution in [2.75, 3.05) is 0 Å². The first-order valence-electron chi connectivity index (χ1n) is 7.01. The Kier molecular flexibility index (Phi) is 6.48. The fourth-order valence-electron chi connectivity index (χ4n) is 1.96. The Morgan fingerprint density at radius 3 is 1.65 bits per heavy atom. The van der Waals surface area contributed by atoms with Gasteiger partial charge in [-0.3, -0.25) is 20.2 Å². The van der Waals surface area contributed by atoms with Crippen molar-refractivity contribution in [3.8, 4) is 0 Å². The molecule has 0 fully saturated rings. The monoisotopic (exact) mass is 362 g/mol. The van der Waals surface area contributed by atoms with Crippen molar-refractivity contribution in [2.24, 2.45) is 0 Å². The van der Waals surface area contributed by atoms with Crippen LogP contribution in [0.1, 0.15) is 31.8 Å². The third-order valence-electron chi connectivity index (χ3n) is 3.31. The fraction of sp³-hybridized carbons (Fsp3) is 0.125. The number of aromatic carboxylic acids is 2. The molecule has 0 aliphatic carbocycles. The Morgan fingerprint density at radius 1 is 0.769 bits per heavy atom. The van der Waals surface area contributed by atoms with E-state index >= 15 is 0 Å². The zero-order valence-corrected chi connectivity index (χ0v) is 13.7. The van der Waals surface area contributed by atoms with E-state index in [1.807, 2.05) is 0 Å². The van der Waals surface area contributed by atoms with Gasteiger partial charge >= 0.3 is 11.9 Å². The minimum Gasteiger partial charge on any atom is -0.478 e. The van der Waals surface area contributed by atoms with Crippen LogP contribution in [0, 0.1) is 34.1 Å². The molecule has 136 valence electrons. The number of carboxylic acids is 2. The molecular formula is C16H14N2O8. The summed E-state index contributed by atoms with van der Waals surface area (Å²) in [6.07, 6.45) is 0. The molecule has 0 unspecified atom stereocenters. The molecule has 0 bridgehead atoms. The quantitative estimate of drug-likeness (QED) is 0.619. The first kappa shape index (κ1) is 20.2. The molecule has 0 aromatic heterocycles. The summed E-state index contributed by atoms with van der Waals surface area (Å²) in [5.41, 5.74) is 0.658. The molecule has 2 aromatic carbocycles. The second-order valence-corrected chi connectivity index (χ2v) is 5.12. The molecule has 0 aliphatic rings. The molecule has 0 aliphatic heterocycles. The average molecular weight is 362 g/mol. The first-order chi connectivity index (χ1) is 12.0. The van der Waals surface area contributed by atoms with E-state index in [-0.39, 0.29) is 22.5 Å². The van der Waals surface area contributed by atoms with Gasteiger partial charge in [0.25, 0.3) is 11.4 Å². The van der Waals surface area contributed by atoms with E-state index in [1.54, 1.807) is 6.92 Å². The Balaban J connectivity index is 0.000000260. The van der Waals surface area contributed by atoms with Crippen molar-refractivity contribution < 1.29 is 29.6 Å². The van der Waals surface area contributed by atoms with E-state index in [0.717, 1.165) is 6.07 Å². The highest BCUT2D eigenvalue weighted by atomic mass is 16.6. The van der Waals surface area contributed by atoms with Gasteiger partial charge < -0.3 is 10.2 Å². The standard InChI is InChI=1S/2C8H7NO4/c1-5-4-6(9(12)13)2-3-7(5)8(10)11;1-5-2-3-6(9(12)13)4-7(5)8(10)11/h2*2-4H,1H3,(H,10,11). The molecular weight excluding hydrogens is 348 g/mol. The summed E-state index contributed by atoms with van der Waals surface area (Å²) in [6, 6.07) is 7.40. The lowest BCUT2D eigenvalue weighted by Gasteiger charge is -1.98. The normalized spacial score (nSPS) is 9.62. The van der Waals surface area contributed by atoms with Gasteiger partial charge in [0.15, 0.2) is 0 Å². The topological polar surface area (TPSA) is 161 Å². The van der Waals surface area contributed by atoms with Crippen molar-refractivity contribution in [1.82, 2.24) is 0 Å². The highest BCUT2D eigenvalue weighted by molar-refractivity contribution is 5.90. The van der Waals surface area contributed by atoms with Crippen LogP contribution in [0.5, 0.6) is 0 Å². The van der Waals surface area contributed by atoms with Gasteiger partial charge in [0, 0.05) is 24.3 Å². The number of nitro benzene ring substituents is 2. The lowest BCUT2D eigenvalue weighted by atomic mass is 10.1. The maximum absolute atomic E-state index is 10.6. The molecule has 0 atom stereocenters. The molecule has 26 heavy (non-hydrogen) atoms. The van der Waals surface area contributed by atoms with Gasteiger partial charge in [-0.2, -0.15) is 0 Å². The predicted octanol–water partition coefficient (Wildman–Crippen LogP) is 3.20. The van der Waals surface area contributed by atoms with Crippen molar-refractivity contribution in [3.05, 3.63) is 78.9 Å². The molecule has 0 radical (unpaired) electrons. The van der Waals surface area contributed by atoms with E-state index in [2.05, 4.69) is 0 Å². The van der Waals surface area contributed by atoms with Crippen LogP contribution in [0.2, 0.25) is 0 Å². The highest BCUT2D eigenvalue weighted by Crippen LogP contribution is 2.17. The second-order valence-electron chi connectivity index (χ2n) is 5.12. The summed E-state index contributed by atoms with van der Waals surface area (Å²) in [7, 11) is 0. The number of aryl methyl sites for hydroxylation is 2. The van der Waals surface area contributed by atoms with E-state index < -0.39 is 21.8 Å². The van der Waals surface area contributed by atoms with Crippen LogP contribution in [0.4, 0.5) is 11.4 Å². The summed E-state index contributed by atoms with van der Waals surface area (Å²) in [5.74, 6) is -2.23. The van der Waals surface area contributed by atoms with E-state index in [9.17, 15) is 29.8 Å². The molecule has 0 spiro atoms. The minimum atomic E-state index is -1.15. The van der Waals surface area contributed by atoms with Crippen LogP contribution in [0.15, 0.2) is 36.4 Å². The van der Waals surface area contributed by atoms with E-state index in [1.165, 1.54) is 37.3 Å². The third kappa shape index (κ3) is 5.09. The number of hydrogen-bond donors (Lipinski definition) is 2. The molecule has 2 N–H and O–H groups in total.